The van der Waals surface area contributed by atoms with E-state index in [2.05, 4.69) is 9.47 Å². The highest BCUT2D eigenvalue weighted by molar-refractivity contribution is 6.09. The zero-order valence-corrected chi connectivity index (χ0v) is 7.73. The second-order valence-corrected chi connectivity index (χ2v) is 3.56. The van der Waals surface area contributed by atoms with E-state index in [4.69, 9.17) is 0 Å². The summed E-state index contributed by atoms with van der Waals surface area (Å²) in [5.74, 6) is -3.50. The van der Waals surface area contributed by atoms with Crippen LogP contribution in [-0.4, -0.2) is 23.9 Å². The van der Waals surface area contributed by atoms with Crippen LogP contribution in [0.2, 0.25) is 0 Å². The molecule has 0 radical (unpaired) electrons. The maximum Gasteiger partial charge on any atom is 0.328 e. The molecule has 0 spiro atoms. The van der Waals surface area contributed by atoms with Gasteiger partial charge in [0.05, 0.1) is 12.3 Å². The summed E-state index contributed by atoms with van der Waals surface area (Å²) in [4.78, 5) is 43.3. The summed E-state index contributed by atoms with van der Waals surface area (Å²) in [5, 5.41) is 0. The van der Waals surface area contributed by atoms with E-state index in [1.807, 2.05) is 0 Å². The minimum Gasteiger partial charge on any atom is -0.393 e. The zero-order valence-electron chi connectivity index (χ0n) is 7.73. The quantitative estimate of drug-likeness (QED) is 0.465. The molecule has 2 fully saturated rings. The Morgan fingerprint density at radius 2 is 1.60 bits per heavy atom. The van der Waals surface area contributed by atoms with Crippen molar-refractivity contribution in [1.82, 2.24) is 0 Å². The van der Waals surface area contributed by atoms with Crippen LogP contribution in [0, 0.1) is 11.8 Å². The van der Waals surface area contributed by atoms with Gasteiger partial charge in [-0.05, 0) is 12.8 Å². The topological polar surface area (TPSA) is 86.7 Å². The van der Waals surface area contributed by atoms with E-state index in [1.165, 1.54) is 0 Å². The van der Waals surface area contributed by atoms with Gasteiger partial charge in [0.2, 0.25) is 0 Å². The number of hydrogen-bond acceptors (Lipinski definition) is 6. The maximum atomic E-state index is 11.0. The van der Waals surface area contributed by atoms with Crippen LogP contribution in [-0.2, 0) is 28.7 Å². The van der Waals surface area contributed by atoms with Gasteiger partial charge in [0, 0.05) is 0 Å². The average molecular weight is 212 g/mol. The third kappa shape index (κ3) is 1.74. The summed E-state index contributed by atoms with van der Waals surface area (Å²) in [7, 11) is 0. The molecule has 2 rings (SSSR count). The third-order valence-electron chi connectivity index (χ3n) is 2.53. The summed E-state index contributed by atoms with van der Waals surface area (Å²) < 4.78 is 8.49. The normalized spacial score (nSPS) is 26.3. The zero-order chi connectivity index (χ0) is 11.0. The molecule has 2 aliphatic rings. The van der Waals surface area contributed by atoms with Crippen LogP contribution in [0.15, 0.2) is 0 Å². The Balaban J connectivity index is 1.83. The highest BCUT2D eigenvalue weighted by Gasteiger charge is 2.43. The van der Waals surface area contributed by atoms with E-state index in [9.17, 15) is 19.2 Å². The van der Waals surface area contributed by atoms with Gasteiger partial charge in [-0.3, -0.25) is 19.2 Å². The summed E-state index contributed by atoms with van der Waals surface area (Å²) in [6.45, 7) is 0. The molecule has 80 valence electrons. The summed E-state index contributed by atoms with van der Waals surface area (Å²) in [5.41, 5.74) is 0. The van der Waals surface area contributed by atoms with Crippen LogP contribution in [0.3, 0.4) is 0 Å². The van der Waals surface area contributed by atoms with Crippen LogP contribution in [0.5, 0.6) is 0 Å². The molecule has 2 aliphatic heterocycles. The Kier molecular flexibility index (Phi) is 2.26. The van der Waals surface area contributed by atoms with Crippen molar-refractivity contribution in [2.45, 2.75) is 19.3 Å². The van der Waals surface area contributed by atoms with Gasteiger partial charge < -0.3 is 9.47 Å². The molecule has 0 aromatic rings. The lowest BCUT2D eigenvalue weighted by Gasteiger charge is -2.21. The SMILES string of the molecule is O=C1CC(CCC2C(=O)OC2=O)C(=O)O1. The van der Waals surface area contributed by atoms with Crippen LogP contribution in [0.1, 0.15) is 19.3 Å². The summed E-state index contributed by atoms with van der Waals surface area (Å²) in [6, 6.07) is 0. The van der Waals surface area contributed by atoms with Crippen molar-refractivity contribution in [3.8, 4) is 0 Å². The first-order valence-corrected chi connectivity index (χ1v) is 4.58. The Labute approximate surface area is 84.5 Å². The lowest BCUT2D eigenvalue weighted by molar-refractivity contribution is -0.184. The van der Waals surface area contributed by atoms with E-state index in [-0.39, 0.29) is 12.8 Å². The molecule has 0 aliphatic carbocycles. The van der Waals surface area contributed by atoms with Gasteiger partial charge in [0.25, 0.3) is 0 Å². The predicted octanol–water partition coefficient (Wildman–Crippen LogP) is -0.444. The largest absolute Gasteiger partial charge is 0.393 e. The minimum absolute atomic E-state index is 0.0365. The first-order chi connectivity index (χ1) is 7.08. The van der Waals surface area contributed by atoms with Crippen molar-refractivity contribution >= 4 is 23.9 Å². The predicted molar refractivity (Wildman–Crippen MR) is 43.0 cm³/mol. The second-order valence-electron chi connectivity index (χ2n) is 3.56. The number of rotatable bonds is 3. The highest BCUT2D eigenvalue weighted by Crippen LogP contribution is 2.27. The van der Waals surface area contributed by atoms with Gasteiger partial charge in [-0.25, -0.2) is 0 Å². The fourth-order valence-corrected chi connectivity index (χ4v) is 1.62. The molecule has 0 aromatic heterocycles. The molecule has 0 amide bonds. The van der Waals surface area contributed by atoms with E-state index >= 15 is 0 Å². The Morgan fingerprint density at radius 1 is 0.933 bits per heavy atom. The van der Waals surface area contributed by atoms with E-state index in [0.29, 0.717) is 6.42 Å². The molecule has 2 saturated heterocycles. The van der Waals surface area contributed by atoms with Crippen molar-refractivity contribution in [2.75, 3.05) is 0 Å². The minimum atomic E-state index is -0.756. The van der Waals surface area contributed by atoms with Gasteiger partial charge in [0.1, 0.15) is 0 Å². The lowest BCUT2D eigenvalue weighted by Crippen LogP contribution is -2.40. The lowest BCUT2D eigenvalue weighted by atomic mass is 9.93. The molecule has 2 heterocycles. The first-order valence-electron chi connectivity index (χ1n) is 4.58. The molecule has 0 N–H and O–H groups in total. The molecule has 0 saturated carbocycles. The fraction of sp³-hybridized carbons (Fsp3) is 0.556. The monoisotopic (exact) mass is 212 g/mol. The molecule has 6 nitrogen and oxygen atoms in total. The molecular weight excluding hydrogens is 204 g/mol. The van der Waals surface area contributed by atoms with Gasteiger partial charge >= 0.3 is 23.9 Å². The van der Waals surface area contributed by atoms with Crippen LogP contribution in [0.4, 0.5) is 0 Å². The Hall–Kier alpha value is -1.72. The van der Waals surface area contributed by atoms with Crippen molar-refractivity contribution < 1.29 is 28.7 Å². The number of cyclic esters (lactones) is 4. The average Bonchev–Trinajstić information content (AvgIpc) is 2.45. The smallest absolute Gasteiger partial charge is 0.328 e. The molecule has 15 heavy (non-hydrogen) atoms. The summed E-state index contributed by atoms with van der Waals surface area (Å²) >= 11 is 0. The highest BCUT2D eigenvalue weighted by atomic mass is 16.6. The number of carbonyl (C=O) groups excluding carboxylic acids is 4. The van der Waals surface area contributed by atoms with Crippen molar-refractivity contribution in [2.24, 2.45) is 11.8 Å². The molecule has 1 unspecified atom stereocenters. The van der Waals surface area contributed by atoms with Crippen LogP contribution < -0.4 is 0 Å². The molecule has 1 atom stereocenters. The molecular formula is C9H8O6. The van der Waals surface area contributed by atoms with Gasteiger partial charge in [-0.1, -0.05) is 0 Å². The Bertz CT molecular complexity index is 344. The standard InChI is InChI=1S/C9H8O6/c10-6-3-4(7(11)14-6)1-2-5-8(12)15-9(5)13/h4-5H,1-3H2. The third-order valence-corrected chi connectivity index (χ3v) is 2.53. The Morgan fingerprint density at radius 3 is 2.07 bits per heavy atom. The van der Waals surface area contributed by atoms with Gasteiger partial charge in [0.15, 0.2) is 5.92 Å². The first kappa shape index (κ1) is 9.82. The van der Waals surface area contributed by atoms with Crippen molar-refractivity contribution in [1.29, 1.82) is 0 Å². The number of hydrogen-bond donors (Lipinski definition) is 0. The number of carbonyl (C=O) groups is 4. The van der Waals surface area contributed by atoms with Crippen molar-refractivity contribution in [3.63, 3.8) is 0 Å². The van der Waals surface area contributed by atoms with Crippen molar-refractivity contribution in [3.05, 3.63) is 0 Å². The van der Waals surface area contributed by atoms with E-state index < -0.39 is 35.7 Å². The molecule has 0 bridgehead atoms. The maximum absolute atomic E-state index is 11.0. The van der Waals surface area contributed by atoms with Gasteiger partial charge in [-0.15, -0.1) is 0 Å². The van der Waals surface area contributed by atoms with Crippen LogP contribution >= 0.6 is 0 Å². The molecule has 0 aromatic carbocycles. The second kappa shape index (κ2) is 3.45. The van der Waals surface area contributed by atoms with Crippen LogP contribution in [0.25, 0.3) is 0 Å². The van der Waals surface area contributed by atoms with E-state index in [0.717, 1.165) is 0 Å². The number of ether oxygens (including phenoxy) is 2. The van der Waals surface area contributed by atoms with Gasteiger partial charge in [-0.2, -0.15) is 0 Å². The molecule has 6 heteroatoms. The summed E-state index contributed by atoms with van der Waals surface area (Å²) in [6.07, 6.45) is 0.579. The fourth-order valence-electron chi connectivity index (χ4n) is 1.62. The number of esters is 4. The van der Waals surface area contributed by atoms with E-state index in [1.54, 1.807) is 0 Å².